The van der Waals surface area contributed by atoms with E-state index in [9.17, 15) is 0 Å². The molecule has 0 aromatic carbocycles. The standard InChI is InChI=1S/C8H14N2/c1-6(2)10(3)8-4-7(8)5-9/h6-8H,4H2,1-3H3/t7-,8+/m1/s1. The fraction of sp³-hybridized carbons (Fsp3) is 0.875. The fourth-order valence-corrected chi connectivity index (χ4v) is 1.15. The largest absolute Gasteiger partial charge is 0.300 e. The van der Waals surface area contributed by atoms with Gasteiger partial charge in [0.1, 0.15) is 0 Å². The van der Waals surface area contributed by atoms with Crippen molar-refractivity contribution in [1.29, 1.82) is 5.26 Å². The summed E-state index contributed by atoms with van der Waals surface area (Å²) in [5.74, 6) is 0.312. The predicted octanol–water partition coefficient (Wildman–Crippen LogP) is 1.24. The summed E-state index contributed by atoms with van der Waals surface area (Å²) in [5.41, 5.74) is 0. The highest BCUT2D eigenvalue weighted by atomic mass is 15.2. The van der Waals surface area contributed by atoms with Crippen molar-refractivity contribution in [3.05, 3.63) is 0 Å². The Hall–Kier alpha value is -0.550. The van der Waals surface area contributed by atoms with Gasteiger partial charge in [-0.1, -0.05) is 0 Å². The maximum atomic E-state index is 8.53. The molecule has 0 amide bonds. The van der Waals surface area contributed by atoms with E-state index in [-0.39, 0.29) is 0 Å². The molecule has 0 radical (unpaired) electrons. The van der Waals surface area contributed by atoms with E-state index in [1.54, 1.807) is 0 Å². The zero-order valence-corrected chi connectivity index (χ0v) is 6.83. The minimum atomic E-state index is 0.312. The minimum Gasteiger partial charge on any atom is -0.300 e. The third-order valence-electron chi connectivity index (χ3n) is 2.26. The molecule has 0 aliphatic heterocycles. The minimum absolute atomic E-state index is 0.312. The van der Waals surface area contributed by atoms with Gasteiger partial charge in [0.05, 0.1) is 12.0 Å². The summed E-state index contributed by atoms with van der Waals surface area (Å²) in [7, 11) is 2.09. The van der Waals surface area contributed by atoms with Crippen molar-refractivity contribution < 1.29 is 0 Å². The van der Waals surface area contributed by atoms with Gasteiger partial charge < -0.3 is 0 Å². The van der Waals surface area contributed by atoms with Crippen LogP contribution >= 0.6 is 0 Å². The molecule has 1 aliphatic carbocycles. The van der Waals surface area contributed by atoms with Crippen molar-refractivity contribution in [2.45, 2.75) is 32.4 Å². The van der Waals surface area contributed by atoms with Crippen LogP contribution < -0.4 is 0 Å². The van der Waals surface area contributed by atoms with Crippen molar-refractivity contribution in [3.63, 3.8) is 0 Å². The summed E-state index contributed by atoms with van der Waals surface area (Å²) >= 11 is 0. The van der Waals surface area contributed by atoms with Crippen LogP contribution in [0.25, 0.3) is 0 Å². The molecule has 0 saturated heterocycles. The Morgan fingerprint density at radius 3 is 2.50 bits per heavy atom. The van der Waals surface area contributed by atoms with E-state index in [4.69, 9.17) is 5.26 Å². The average Bonchev–Trinajstić information content (AvgIpc) is 2.64. The van der Waals surface area contributed by atoms with E-state index in [0.717, 1.165) is 6.42 Å². The second-order valence-electron chi connectivity index (χ2n) is 3.30. The van der Waals surface area contributed by atoms with Gasteiger partial charge in [-0.15, -0.1) is 0 Å². The Morgan fingerprint density at radius 2 is 2.20 bits per heavy atom. The SMILES string of the molecule is CC(C)N(C)[C@H]1C[C@@H]1C#N. The second kappa shape index (κ2) is 2.59. The van der Waals surface area contributed by atoms with Crippen LogP contribution in [0.2, 0.25) is 0 Å². The highest BCUT2D eigenvalue weighted by Gasteiger charge is 2.40. The molecule has 0 aromatic rings. The van der Waals surface area contributed by atoms with Crippen molar-refractivity contribution in [2.24, 2.45) is 5.92 Å². The van der Waals surface area contributed by atoms with Crippen LogP contribution in [0.1, 0.15) is 20.3 Å². The quantitative estimate of drug-likeness (QED) is 0.574. The summed E-state index contributed by atoms with van der Waals surface area (Å²) in [6.45, 7) is 4.32. The highest BCUT2D eigenvalue weighted by molar-refractivity contribution is 5.07. The molecule has 1 rings (SSSR count). The molecule has 0 N–H and O–H groups in total. The summed E-state index contributed by atoms with van der Waals surface area (Å²) in [6.07, 6.45) is 1.07. The van der Waals surface area contributed by atoms with Crippen molar-refractivity contribution >= 4 is 0 Å². The number of hydrogen-bond acceptors (Lipinski definition) is 2. The van der Waals surface area contributed by atoms with Crippen molar-refractivity contribution in [2.75, 3.05) is 7.05 Å². The lowest BCUT2D eigenvalue weighted by Crippen LogP contribution is -2.29. The summed E-state index contributed by atoms with van der Waals surface area (Å²) in [4.78, 5) is 2.27. The van der Waals surface area contributed by atoms with Gasteiger partial charge in [0, 0.05) is 12.1 Å². The van der Waals surface area contributed by atoms with Crippen molar-refractivity contribution in [3.8, 4) is 6.07 Å². The van der Waals surface area contributed by atoms with Gasteiger partial charge >= 0.3 is 0 Å². The van der Waals surface area contributed by atoms with E-state index in [0.29, 0.717) is 18.0 Å². The molecule has 0 unspecified atom stereocenters. The smallest absolute Gasteiger partial charge is 0.0672 e. The average molecular weight is 138 g/mol. The summed E-state index contributed by atoms with van der Waals surface area (Å²) in [5, 5.41) is 8.53. The number of rotatable bonds is 2. The van der Waals surface area contributed by atoms with Crippen LogP contribution in [0.15, 0.2) is 0 Å². The van der Waals surface area contributed by atoms with E-state index in [2.05, 4.69) is 31.9 Å². The molecule has 10 heavy (non-hydrogen) atoms. The molecule has 0 bridgehead atoms. The van der Waals surface area contributed by atoms with Crippen LogP contribution in [0.5, 0.6) is 0 Å². The first-order valence-electron chi connectivity index (χ1n) is 3.78. The van der Waals surface area contributed by atoms with Crippen molar-refractivity contribution in [1.82, 2.24) is 4.90 Å². The Kier molecular flexibility index (Phi) is 1.96. The van der Waals surface area contributed by atoms with Crippen LogP contribution in [0.3, 0.4) is 0 Å². The van der Waals surface area contributed by atoms with Crippen LogP contribution in [-0.2, 0) is 0 Å². The van der Waals surface area contributed by atoms with Crippen LogP contribution in [0.4, 0.5) is 0 Å². The Bertz CT molecular complexity index is 157. The molecule has 56 valence electrons. The van der Waals surface area contributed by atoms with E-state index in [1.807, 2.05) is 0 Å². The predicted molar refractivity (Wildman–Crippen MR) is 40.4 cm³/mol. The van der Waals surface area contributed by atoms with Crippen LogP contribution in [-0.4, -0.2) is 24.0 Å². The second-order valence-corrected chi connectivity index (χ2v) is 3.30. The monoisotopic (exact) mass is 138 g/mol. The van der Waals surface area contributed by atoms with Gasteiger partial charge in [-0.25, -0.2) is 0 Å². The number of nitriles is 1. The Labute approximate surface area is 62.4 Å². The van der Waals surface area contributed by atoms with Crippen LogP contribution in [0, 0.1) is 17.2 Å². The molecule has 1 aliphatic rings. The van der Waals surface area contributed by atoms with Gasteiger partial charge in [-0.2, -0.15) is 5.26 Å². The molecule has 1 fully saturated rings. The van der Waals surface area contributed by atoms with Gasteiger partial charge in [0.15, 0.2) is 0 Å². The van der Waals surface area contributed by atoms with E-state index in [1.165, 1.54) is 0 Å². The molecule has 2 nitrogen and oxygen atoms in total. The molecule has 2 heteroatoms. The zero-order chi connectivity index (χ0) is 7.72. The Morgan fingerprint density at radius 1 is 1.60 bits per heavy atom. The fourth-order valence-electron chi connectivity index (χ4n) is 1.15. The zero-order valence-electron chi connectivity index (χ0n) is 6.83. The number of nitrogens with zero attached hydrogens (tertiary/aromatic N) is 2. The molecule has 0 heterocycles. The molecule has 2 atom stereocenters. The highest BCUT2D eigenvalue weighted by Crippen LogP contribution is 2.34. The van der Waals surface area contributed by atoms with Gasteiger partial charge in [-0.05, 0) is 27.3 Å². The maximum absolute atomic E-state index is 8.53. The van der Waals surface area contributed by atoms with Gasteiger partial charge in [-0.3, -0.25) is 4.90 Å². The van der Waals surface area contributed by atoms with E-state index < -0.39 is 0 Å². The third kappa shape index (κ3) is 1.30. The molecule has 0 aromatic heterocycles. The third-order valence-corrected chi connectivity index (χ3v) is 2.26. The maximum Gasteiger partial charge on any atom is 0.0672 e. The lowest BCUT2D eigenvalue weighted by atomic mass is 10.3. The lowest BCUT2D eigenvalue weighted by molar-refractivity contribution is 0.257. The first-order valence-corrected chi connectivity index (χ1v) is 3.78. The van der Waals surface area contributed by atoms with Gasteiger partial charge in [0.2, 0.25) is 0 Å². The molecule has 0 spiro atoms. The normalized spacial score (nSPS) is 30.8. The molecule has 1 saturated carbocycles. The first-order chi connectivity index (χ1) is 4.66. The van der Waals surface area contributed by atoms with Gasteiger partial charge in [0.25, 0.3) is 0 Å². The lowest BCUT2D eigenvalue weighted by Gasteiger charge is -2.19. The topological polar surface area (TPSA) is 27.0 Å². The molecular formula is C8H14N2. The number of hydrogen-bond donors (Lipinski definition) is 0. The molecular weight excluding hydrogens is 124 g/mol. The first kappa shape index (κ1) is 7.56. The summed E-state index contributed by atoms with van der Waals surface area (Å²) < 4.78 is 0. The van der Waals surface area contributed by atoms with E-state index >= 15 is 0 Å². The Balaban J connectivity index is 2.34. The summed E-state index contributed by atoms with van der Waals surface area (Å²) in [6, 6.07) is 3.40.